The highest BCUT2D eigenvalue weighted by atomic mass is 16.5. The molecule has 0 radical (unpaired) electrons. The Morgan fingerprint density at radius 2 is 1.90 bits per heavy atom. The van der Waals surface area contributed by atoms with Crippen LogP contribution in [0.3, 0.4) is 0 Å². The van der Waals surface area contributed by atoms with E-state index < -0.39 is 0 Å². The van der Waals surface area contributed by atoms with Gasteiger partial charge in [0.25, 0.3) is 5.91 Å². The Morgan fingerprint density at radius 3 is 2.58 bits per heavy atom. The lowest BCUT2D eigenvalue weighted by Crippen LogP contribution is -2.38. The lowest BCUT2D eigenvalue weighted by Gasteiger charge is -2.27. The fourth-order valence-corrected chi connectivity index (χ4v) is 3.19. The van der Waals surface area contributed by atoms with Crippen LogP contribution in [-0.4, -0.2) is 70.8 Å². The molecule has 0 aliphatic carbocycles. The molecule has 10 heteroatoms. The van der Waals surface area contributed by atoms with Gasteiger partial charge in [-0.2, -0.15) is 15.0 Å². The van der Waals surface area contributed by atoms with Crippen molar-refractivity contribution in [1.82, 2.24) is 29.8 Å². The van der Waals surface area contributed by atoms with E-state index in [1.54, 1.807) is 12.5 Å². The molecule has 10 nitrogen and oxygen atoms in total. The second-order valence-corrected chi connectivity index (χ2v) is 7.46. The third-order valence-electron chi connectivity index (χ3n) is 4.90. The molecule has 0 spiro atoms. The molecule has 0 unspecified atom stereocenters. The van der Waals surface area contributed by atoms with Gasteiger partial charge in [0, 0.05) is 51.7 Å². The molecule has 1 aromatic carbocycles. The SMILES string of the molecule is CN(C)c1nc(CNC(=O)c2ccc(Cn3ccnc3)cc2)nc(N2CCOCC2)n1. The number of benzene rings is 1. The van der Waals surface area contributed by atoms with Gasteiger partial charge in [0.1, 0.15) is 0 Å². The van der Waals surface area contributed by atoms with Gasteiger partial charge >= 0.3 is 0 Å². The quantitative estimate of drug-likeness (QED) is 0.601. The van der Waals surface area contributed by atoms with Gasteiger partial charge in [-0.05, 0) is 17.7 Å². The Kier molecular flexibility index (Phi) is 6.37. The Bertz CT molecular complexity index is 999. The summed E-state index contributed by atoms with van der Waals surface area (Å²) in [6.07, 6.45) is 5.42. The molecule has 0 bridgehead atoms. The van der Waals surface area contributed by atoms with Crippen molar-refractivity contribution in [3.63, 3.8) is 0 Å². The van der Waals surface area contributed by atoms with Crippen molar-refractivity contribution < 1.29 is 9.53 Å². The highest BCUT2D eigenvalue weighted by Crippen LogP contribution is 2.14. The number of ether oxygens (including phenoxy) is 1. The smallest absolute Gasteiger partial charge is 0.251 e. The van der Waals surface area contributed by atoms with Crippen molar-refractivity contribution in [2.45, 2.75) is 13.1 Å². The summed E-state index contributed by atoms with van der Waals surface area (Å²) in [4.78, 5) is 34.1. The number of carbonyl (C=O) groups is 1. The number of nitrogens with zero attached hydrogens (tertiary/aromatic N) is 7. The lowest BCUT2D eigenvalue weighted by atomic mass is 10.1. The average molecular weight is 422 g/mol. The molecular formula is C21H26N8O2. The molecule has 3 aromatic rings. The summed E-state index contributed by atoms with van der Waals surface area (Å²) in [5.74, 6) is 1.51. The van der Waals surface area contributed by atoms with Crippen LogP contribution < -0.4 is 15.1 Å². The van der Waals surface area contributed by atoms with Gasteiger partial charge in [-0.15, -0.1) is 0 Å². The first-order valence-electron chi connectivity index (χ1n) is 10.2. The van der Waals surface area contributed by atoms with Crippen LogP contribution in [0.4, 0.5) is 11.9 Å². The van der Waals surface area contributed by atoms with Crippen LogP contribution in [0.2, 0.25) is 0 Å². The number of rotatable bonds is 7. The first-order chi connectivity index (χ1) is 15.1. The number of amides is 1. The zero-order valence-corrected chi connectivity index (χ0v) is 17.7. The van der Waals surface area contributed by atoms with Crippen LogP contribution in [0.5, 0.6) is 0 Å². The maximum atomic E-state index is 12.6. The van der Waals surface area contributed by atoms with Gasteiger partial charge < -0.3 is 24.4 Å². The molecule has 1 amide bonds. The average Bonchev–Trinajstić information content (AvgIpc) is 3.31. The molecule has 4 rings (SSSR count). The van der Waals surface area contributed by atoms with Crippen molar-refractivity contribution >= 4 is 17.8 Å². The number of morpholine rings is 1. The van der Waals surface area contributed by atoms with E-state index in [0.717, 1.165) is 18.7 Å². The Morgan fingerprint density at radius 1 is 1.13 bits per heavy atom. The summed E-state index contributed by atoms with van der Waals surface area (Å²) in [6, 6.07) is 7.52. The van der Waals surface area contributed by atoms with E-state index in [0.29, 0.717) is 43.0 Å². The van der Waals surface area contributed by atoms with Gasteiger partial charge in [-0.25, -0.2) is 4.98 Å². The molecule has 1 saturated heterocycles. The largest absolute Gasteiger partial charge is 0.378 e. The summed E-state index contributed by atoms with van der Waals surface area (Å²) in [7, 11) is 3.76. The summed E-state index contributed by atoms with van der Waals surface area (Å²) in [5, 5.41) is 2.91. The number of hydrogen-bond acceptors (Lipinski definition) is 8. The second-order valence-electron chi connectivity index (χ2n) is 7.46. The zero-order valence-electron chi connectivity index (χ0n) is 17.7. The van der Waals surface area contributed by atoms with E-state index in [4.69, 9.17) is 4.74 Å². The maximum Gasteiger partial charge on any atom is 0.251 e. The highest BCUT2D eigenvalue weighted by Gasteiger charge is 2.17. The molecular weight excluding hydrogens is 396 g/mol. The van der Waals surface area contributed by atoms with Crippen molar-refractivity contribution in [3.05, 3.63) is 59.9 Å². The number of nitrogens with one attached hydrogen (secondary N) is 1. The monoisotopic (exact) mass is 422 g/mol. The van der Waals surface area contributed by atoms with Gasteiger partial charge in [-0.1, -0.05) is 12.1 Å². The van der Waals surface area contributed by atoms with Gasteiger partial charge in [0.15, 0.2) is 5.82 Å². The summed E-state index contributed by atoms with van der Waals surface area (Å²) in [5.41, 5.74) is 1.68. The van der Waals surface area contributed by atoms with Crippen LogP contribution in [0.1, 0.15) is 21.7 Å². The predicted octanol–water partition coefficient (Wildman–Crippen LogP) is 0.949. The molecule has 31 heavy (non-hydrogen) atoms. The van der Waals surface area contributed by atoms with E-state index in [9.17, 15) is 4.79 Å². The fraction of sp³-hybridized carbons (Fsp3) is 0.381. The van der Waals surface area contributed by atoms with Gasteiger partial charge in [-0.3, -0.25) is 4.79 Å². The molecule has 0 atom stereocenters. The first-order valence-corrected chi connectivity index (χ1v) is 10.2. The highest BCUT2D eigenvalue weighted by molar-refractivity contribution is 5.94. The standard InChI is InChI=1S/C21H26N8O2/c1-27(2)20-24-18(25-21(26-20)29-9-11-31-12-10-29)13-23-19(30)17-5-3-16(4-6-17)14-28-8-7-22-15-28/h3-8,15H,9-14H2,1-2H3,(H,23,30). The van der Waals surface area contributed by atoms with Crippen molar-refractivity contribution in [2.24, 2.45) is 0 Å². The van der Waals surface area contributed by atoms with Crippen LogP contribution >= 0.6 is 0 Å². The van der Waals surface area contributed by atoms with Crippen LogP contribution in [0.25, 0.3) is 0 Å². The van der Waals surface area contributed by atoms with E-state index in [1.165, 1.54) is 0 Å². The Balaban J connectivity index is 1.41. The Hall–Kier alpha value is -3.53. The van der Waals surface area contributed by atoms with E-state index >= 15 is 0 Å². The van der Waals surface area contributed by atoms with Gasteiger partial charge in [0.2, 0.25) is 11.9 Å². The summed E-state index contributed by atoms with van der Waals surface area (Å²) >= 11 is 0. The Labute approximate surface area is 180 Å². The minimum absolute atomic E-state index is 0.172. The number of hydrogen-bond donors (Lipinski definition) is 1. The normalized spacial score (nSPS) is 13.8. The van der Waals surface area contributed by atoms with Crippen LogP contribution in [0.15, 0.2) is 43.0 Å². The van der Waals surface area contributed by atoms with Crippen molar-refractivity contribution in [3.8, 4) is 0 Å². The second kappa shape index (κ2) is 9.52. The zero-order chi connectivity index (χ0) is 21.6. The number of imidazole rings is 1. The first kappa shape index (κ1) is 20.7. The molecule has 2 aromatic heterocycles. The van der Waals surface area contributed by atoms with Gasteiger partial charge in [0.05, 0.1) is 26.1 Å². The predicted molar refractivity (Wildman–Crippen MR) is 116 cm³/mol. The lowest BCUT2D eigenvalue weighted by molar-refractivity contribution is 0.0950. The number of carbonyl (C=O) groups excluding carboxylic acids is 1. The molecule has 162 valence electrons. The minimum atomic E-state index is -0.172. The maximum absolute atomic E-state index is 12.6. The van der Waals surface area contributed by atoms with Crippen molar-refractivity contribution in [2.75, 3.05) is 50.2 Å². The number of anilines is 2. The fourth-order valence-electron chi connectivity index (χ4n) is 3.19. The summed E-state index contributed by atoms with van der Waals surface area (Å²) in [6.45, 7) is 3.68. The topological polar surface area (TPSA) is 101 Å². The molecule has 1 N–H and O–H groups in total. The molecule has 0 saturated carbocycles. The van der Waals surface area contributed by atoms with Crippen LogP contribution in [-0.2, 0) is 17.8 Å². The van der Waals surface area contributed by atoms with Crippen LogP contribution in [0, 0.1) is 0 Å². The number of aromatic nitrogens is 5. The van der Waals surface area contributed by atoms with E-state index in [-0.39, 0.29) is 12.5 Å². The molecule has 1 aliphatic rings. The summed E-state index contributed by atoms with van der Waals surface area (Å²) < 4.78 is 7.39. The van der Waals surface area contributed by atoms with E-state index in [1.807, 2.05) is 54.0 Å². The third kappa shape index (κ3) is 5.34. The molecule has 3 heterocycles. The molecule has 1 aliphatic heterocycles. The minimum Gasteiger partial charge on any atom is -0.378 e. The van der Waals surface area contributed by atoms with Crippen molar-refractivity contribution in [1.29, 1.82) is 0 Å². The van der Waals surface area contributed by atoms with E-state index in [2.05, 4.69) is 30.2 Å². The molecule has 1 fully saturated rings. The third-order valence-corrected chi connectivity index (χ3v) is 4.90.